The van der Waals surface area contributed by atoms with Crippen LogP contribution < -0.4 is 15.1 Å². The zero-order valence-corrected chi connectivity index (χ0v) is 41.5. The molecule has 5 heteroatoms. The number of fused-ring (bicyclic) bond motifs is 14. The molecule has 69 heavy (non-hydrogen) atoms. The van der Waals surface area contributed by atoms with Gasteiger partial charge in [0.1, 0.15) is 11.2 Å². The molecule has 1 aliphatic carbocycles. The SMILES string of the molecule is CCCCc1ccc(N2c3cc4c(oc5ccccc54)c4c3B(c3sc5cc6c(cc5c32)C(C)(C)CCC6(C)C)n2c3ccc(-c5ccccc5C)cc3c3cc(-c5ccccc5C)cc-4c32)cc1. The van der Waals surface area contributed by atoms with Crippen LogP contribution in [0, 0.1) is 13.8 Å². The largest absolute Gasteiger partial charge is 0.455 e. The molecule has 8 aromatic carbocycles. The van der Waals surface area contributed by atoms with Crippen LogP contribution in [0.4, 0.5) is 17.1 Å². The van der Waals surface area contributed by atoms with E-state index >= 15 is 0 Å². The van der Waals surface area contributed by atoms with Gasteiger partial charge in [0.15, 0.2) is 0 Å². The first-order chi connectivity index (χ1) is 33.5. The standard InChI is InChI=1S/C64H55BN2OS/c1-8-9-18-39-23-26-42(27-24-39)66-54-35-48-45-21-14-15-22-55(45)68-61(48)57-50-33-41(44-20-13-11-17-38(44)3)32-47-46-31-40(43-19-12-10-16-37(43)2)25-28-53(46)67(59(47)50)65(58(54)57)62-60(66)49-34-51-52(36-56(49)69-62)64(6,7)30-29-63(51,4)5/h10-17,19-28,31-36H,8-9,18,29-30H2,1-7H3. The Bertz CT molecular complexity index is 3990. The van der Waals surface area contributed by atoms with E-state index in [-0.39, 0.29) is 17.7 Å². The predicted molar refractivity (Wildman–Crippen MR) is 297 cm³/mol. The lowest BCUT2D eigenvalue weighted by molar-refractivity contribution is 0.332. The van der Waals surface area contributed by atoms with Gasteiger partial charge in [-0.25, -0.2) is 0 Å². The van der Waals surface area contributed by atoms with Gasteiger partial charge in [0.05, 0.1) is 5.69 Å². The van der Waals surface area contributed by atoms with Crippen molar-refractivity contribution in [2.45, 2.75) is 91.4 Å². The van der Waals surface area contributed by atoms with Crippen LogP contribution in [-0.2, 0) is 17.3 Å². The van der Waals surface area contributed by atoms with Crippen LogP contribution in [0.25, 0.3) is 87.2 Å². The number of aromatic nitrogens is 1. The Morgan fingerprint density at radius 1 is 0.623 bits per heavy atom. The minimum atomic E-state index is -0.0979. The molecule has 0 spiro atoms. The monoisotopic (exact) mass is 910 g/mol. The first-order valence-electron chi connectivity index (χ1n) is 25.2. The summed E-state index contributed by atoms with van der Waals surface area (Å²) in [5.41, 5.74) is 24.1. The van der Waals surface area contributed by atoms with Crippen LogP contribution in [0.3, 0.4) is 0 Å². The average Bonchev–Trinajstić information content (AvgIpc) is 4.03. The van der Waals surface area contributed by atoms with Gasteiger partial charge in [-0.15, -0.1) is 11.3 Å². The van der Waals surface area contributed by atoms with Crippen molar-refractivity contribution in [2.24, 2.45) is 0 Å². The molecule has 0 N–H and O–H groups in total. The average molecular weight is 911 g/mol. The van der Waals surface area contributed by atoms with E-state index < -0.39 is 0 Å². The summed E-state index contributed by atoms with van der Waals surface area (Å²) in [7, 11) is 0. The molecule has 0 fully saturated rings. The van der Waals surface area contributed by atoms with Gasteiger partial charge in [0.25, 0.3) is 0 Å². The highest BCUT2D eigenvalue weighted by molar-refractivity contribution is 7.32. The van der Waals surface area contributed by atoms with Gasteiger partial charge in [-0.3, -0.25) is 0 Å². The number of unbranched alkanes of at least 4 members (excludes halogenated alkanes) is 1. The van der Waals surface area contributed by atoms with E-state index in [0.29, 0.717) is 0 Å². The molecule has 5 heterocycles. The van der Waals surface area contributed by atoms with E-state index in [1.807, 2.05) is 11.3 Å². The van der Waals surface area contributed by atoms with E-state index in [1.165, 1.54) is 146 Å². The van der Waals surface area contributed by atoms with Crippen molar-refractivity contribution in [1.82, 2.24) is 4.48 Å². The number of hydrogen-bond acceptors (Lipinski definition) is 3. The fourth-order valence-corrected chi connectivity index (χ4v) is 14.2. The summed E-state index contributed by atoms with van der Waals surface area (Å²) < 4.78 is 12.7. The fourth-order valence-electron chi connectivity index (χ4n) is 12.9. The van der Waals surface area contributed by atoms with Crippen LogP contribution in [0.15, 0.2) is 150 Å². The maximum Gasteiger partial charge on any atom is 0.343 e. The van der Waals surface area contributed by atoms with Gasteiger partial charge in [-0.1, -0.05) is 126 Å². The third kappa shape index (κ3) is 5.80. The van der Waals surface area contributed by atoms with Gasteiger partial charge in [0, 0.05) is 69.9 Å². The topological polar surface area (TPSA) is 21.3 Å². The normalized spacial score (nSPS) is 15.4. The summed E-state index contributed by atoms with van der Waals surface area (Å²) in [6.07, 6.45) is 5.82. The van der Waals surface area contributed by atoms with Crippen LogP contribution in [0.5, 0.6) is 0 Å². The second kappa shape index (κ2) is 14.6. The Morgan fingerprint density at radius 3 is 2.04 bits per heavy atom. The van der Waals surface area contributed by atoms with Crippen molar-refractivity contribution >= 4 is 99.3 Å². The smallest absolute Gasteiger partial charge is 0.343 e. The van der Waals surface area contributed by atoms with Crippen LogP contribution >= 0.6 is 11.3 Å². The van der Waals surface area contributed by atoms with E-state index in [2.05, 4.69) is 203 Å². The van der Waals surface area contributed by atoms with Crippen LogP contribution in [0.1, 0.15) is 88.1 Å². The van der Waals surface area contributed by atoms with E-state index in [4.69, 9.17) is 4.42 Å². The van der Waals surface area contributed by atoms with Gasteiger partial charge < -0.3 is 13.8 Å². The van der Waals surface area contributed by atoms with Gasteiger partial charge >= 0.3 is 6.85 Å². The molecule has 11 aromatic rings. The maximum absolute atomic E-state index is 7.23. The zero-order chi connectivity index (χ0) is 46.7. The number of hydrogen-bond donors (Lipinski definition) is 0. The Kier molecular flexibility index (Phi) is 8.72. The van der Waals surface area contributed by atoms with Crippen molar-refractivity contribution in [3.8, 4) is 33.4 Å². The minimum absolute atomic E-state index is 0.0669. The number of benzene rings is 8. The molecule has 0 amide bonds. The molecule has 3 nitrogen and oxygen atoms in total. The lowest BCUT2D eigenvalue weighted by Gasteiger charge is -2.42. The van der Waals surface area contributed by atoms with Crippen LogP contribution in [-0.4, -0.2) is 11.3 Å². The molecule has 0 atom stereocenters. The number of aryl methyl sites for hydroxylation is 3. The summed E-state index contributed by atoms with van der Waals surface area (Å²) in [5.74, 6) is 0. The third-order valence-electron chi connectivity index (χ3n) is 16.7. The zero-order valence-electron chi connectivity index (χ0n) is 40.7. The molecule has 0 saturated carbocycles. The molecule has 0 unspecified atom stereocenters. The summed E-state index contributed by atoms with van der Waals surface area (Å²) >= 11 is 2.02. The second-order valence-electron chi connectivity index (χ2n) is 21.8. The van der Waals surface area contributed by atoms with Crippen molar-refractivity contribution < 1.29 is 4.42 Å². The highest BCUT2D eigenvalue weighted by atomic mass is 32.1. The number of anilines is 3. The van der Waals surface area contributed by atoms with Gasteiger partial charge in [-0.2, -0.15) is 0 Å². The van der Waals surface area contributed by atoms with E-state index in [1.54, 1.807) is 0 Å². The minimum Gasteiger partial charge on any atom is -0.455 e. The van der Waals surface area contributed by atoms with Crippen molar-refractivity contribution in [1.29, 1.82) is 0 Å². The Morgan fingerprint density at radius 2 is 1.30 bits per heavy atom. The molecule has 0 bridgehead atoms. The van der Waals surface area contributed by atoms with Crippen molar-refractivity contribution in [2.75, 3.05) is 4.90 Å². The fraction of sp³-hybridized carbons (Fsp3) is 0.219. The lowest BCUT2D eigenvalue weighted by Crippen LogP contribution is -2.55. The van der Waals surface area contributed by atoms with Crippen molar-refractivity contribution in [3.05, 3.63) is 173 Å². The number of furan rings is 1. The molecular formula is C64H55BN2OS. The lowest BCUT2D eigenvalue weighted by atomic mass is 9.48. The summed E-state index contributed by atoms with van der Waals surface area (Å²) in [6.45, 7) is 16.5. The highest BCUT2D eigenvalue weighted by Crippen LogP contribution is 2.55. The van der Waals surface area contributed by atoms with E-state index in [9.17, 15) is 0 Å². The number of thiophene rings is 1. The molecule has 3 aromatic heterocycles. The maximum atomic E-state index is 7.23. The Labute approximate surface area is 409 Å². The molecular weight excluding hydrogens is 856 g/mol. The van der Waals surface area contributed by atoms with Gasteiger partial charge in [0.2, 0.25) is 0 Å². The highest BCUT2D eigenvalue weighted by Gasteiger charge is 2.47. The van der Waals surface area contributed by atoms with E-state index in [0.717, 1.165) is 28.4 Å². The second-order valence-corrected chi connectivity index (χ2v) is 22.9. The molecule has 336 valence electrons. The Hall–Kier alpha value is -6.82. The summed E-state index contributed by atoms with van der Waals surface area (Å²) in [6, 6.07) is 55.9. The summed E-state index contributed by atoms with van der Waals surface area (Å²) in [5, 5.41) is 6.23. The Balaban J connectivity index is 1.17. The van der Waals surface area contributed by atoms with Crippen molar-refractivity contribution in [3.63, 3.8) is 0 Å². The van der Waals surface area contributed by atoms with Gasteiger partial charge in [-0.05, 0) is 167 Å². The molecule has 2 aliphatic heterocycles. The third-order valence-corrected chi connectivity index (χ3v) is 17.9. The molecule has 14 rings (SSSR count). The molecule has 0 saturated heterocycles. The number of rotatable bonds is 6. The first-order valence-corrected chi connectivity index (χ1v) is 26.0. The number of para-hydroxylation sites is 1. The quantitative estimate of drug-likeness (QED) is 0.155. The summed E-state index contributed by atoms with van der Waals surface area (Å²) in [4.78, 5) is 2.66. The van der Waals surface area contributed by atoms with Crippen LogP contribution in [0.2, 0.25) is 0 Å². The predicted octanol–water partition coefficient (Wildman–Crippen LogP) is 17.0. The molecule has 0 radical (unpaired) electrons. The number of nitrogens with zero attached hydrogens (tertiary/aromatic N) is 2. The first kappa shape index (κ1) is 41.2. The molecule has 3 aliphatic rings.